The summed E-state index contributed by atoms with van der Waals surface area (Å²) in [6.45, 7) is 5.71. The fourth-order valence-corrected chi connectivity index (χ4v) is 4.51. The summed E-state index contributed by atoms with van der Waals surface area (Å²) in [7, 11) is 0. The molecule has 0 saturated heterocycles. The van der Waals surface area contributed by atoms with Crippen molar-refractivity contribution in [2.24, 2.45) is 5.73 Å². The van der Waals surface area contributed by atoms with Crippen LogP contribution in [0.2, 0.25) is 0 Å². The fourth-order valence-electron chi connectivity index (χ4n) is 4.51. The van der Waals surface area contributed by atoms with Crippen LogP contribution in [0.15, 0.2) is 55.0 Å². The summed E-state index contributed by atoms with van der Waals surface area (Å²) in [6.07, 6.45) is 5.75. The Morgan fingerprint density at radius 2 is 1.82 bits per heavy atom. The average molecular weight is 528 g/mol. The predicted molar refractivity (Wildman–Crippen MR) is 144 cm³/mol. The van der Waals surface area contributed by atoms with Gasteiger partial charge in [-0.05, 0) is 48.1 Å². The number of amides is 1. The van der Waals surface area contributed by atoms with Gasteiger partial charge < -0.3 is 20.7 Å². The van der Waals surface area contributed by atoms with E-state index in [1.165, 1.54) is 17.7 Å². The summed E-state index contributed by atoms with van der Waals surface area (Å²) >= 11 is 0. The van der Waals surface area contributed by atoms with Crippen molar-refractivity contribution in [2.45, 2.75) is 77.2 Å². The van der Waals surface area contributed by atoms with Crippen LogP contribution in [-0.2, 0) is 37.1 Å². The van der Waals surface area contributed by atoms with Crippen LogP contribution in [0.5, 0.6) is 0 Å². The van der Waals surface area contributed by atoms with E-state index in [-0.39, 0.29) is 19.4 Å². The molecule has 5 N–H and O–H groups in total. The molecule has 0 bridgehead atoms. The van der Waals surface area contributed by atoms with E-state index in [1.54, 1.807) is 12.5 Å². The number of aliphatic hydroxyl groups is 1. The Morgan fingerprint density at radius 3 is 2.50 bits per heavy atom. The zero-order valence-corrected chi connectivity index (χ0v) is 22.2. The number of rotatable bonds is 16. The highest BCUT2D eigenvalue weighted by Gasteiger charge is 2.27. The van der Waals surface area contributed by atoms with Crippen molar-refractivity contribution in [3.63, 3.8) is 0 Å². The first-order chi connectivity index (χ1) is 18.3. The standard InChI is InChI=1S/C29H39F2N5O2/c1-3-5-9-36-19-34-17-25(36)15-27(29(32)38)35-26(13-22-11-23(30)14-24(31)12-22)28(37)18-33-16-21-8-6-7-20(4-2)10-21/h6-8,10-12,14,17,19,26-28,33,35,37H,3-5,9,13,15-16,18H2,1-2H3,(H2,32,38)/t26-,27-,28+/m0/s1. The van der Waals surface area contributed by atoms with Crippen molar-refractivity contribution in [1.82, 2.24) is 20.2 Å². The Labute approximate surface area is 223 Å². The number of primary amides is 1. The number of benzene rings is 2. The largest absolute Gasteiger partial charge is 0.390 e. The number of aryl methyl sites for hydroxylation is 2. The van der Waals surface area contributed by atoms with Gasteiger partial charge in [0.2, 0.25) is 5.91 Å². The van der Waals surface area contributed by atoms with Gasteiger partial charge in [-0.1, -0.05) is 44.5 Å². The lowest BCUT2D eigenvalue weighted by Crippen LogP contribution is -2.54. The second kappa shape index (κ2) is 14.7. The van der Waals surface area contributed by atoms with E-state index in [0.29, 0.717) is 12.1 Å². The number of halogens is 2. The molecule has 1 amide bonds. The average Bonchev–Trinajstić information content (AvgIpc) is 3.32. The summed E-state index contributed by atoms with van der Waals surface area (Å²) in [6, 6.07) is 9.93. The Kier molecular flexibility index (Phi) is 11.4. The number of aliphatic hydroxyl groups excluding tert-OH is 1. The zero-order chi connectivity index (χ0) is 27.5. The van der Waals surface area contributed by atoms with Gasteiger partial charge in [0, 0.05) is 50.1 Å². The number of nitrogens with zero attached hydrogens (tertiary/aromatic N) is 2. The van der Waals surface area contributed by atoms with Crippen molar-refractivity contribution < 1.29 is 18.7 Å². The first-order valence-electron chi connectivity index (χ1n) is 13.2. The number of nitrogens with one attached hydrogen (secondary N) is 2. The summed E-state index contributed by atoms with van der Waals surface area (Å²) in [5.41, 5.74) is 9.27. The van der Waals surface area contributed by atoms with Crippen LogP contribution >= 0.6 is 0 Å². The van der Waals surface area contributed by atoms with Gasteiger partial charge in [0.25, 0.3) is 0 Å². The van der Waals surface area contributed by atoms with Gasteiger partial charge in [-0.2, -0.15) is 0 Å². The minimum atomic E-state index is -0.970. The molecule has 7 nitrogen and oxygen atoms in total. The molecule has 0 aliphatic rings. The molecular formula is C29H39F2N5O2. The maximum atomic E-state index is 13.9. The molecule has 0 aliphatic heterocycles. The highest BCUT2D eigenvalue weighted by molar-refractivity contribution is 5.80. The van der Waals surface area contributed by atoms with Crippen molar-refractivity contribution in [3.05, 3.63) is 89.0 Å². The lowest BCUT2D eigenvalue weighted by molar-refractivity contribution is -0.120. The summed E-state index contributed by atoms with van der Waals surface area (Å²) in [5, 5.41) is 17.6. The van der Waals surface area contributed by atoms with Crippen LogP contribution in [0, 0.1) is 11.6 Å². The second-order valence-electron chi connectivity index (χ2n) is 9.72. The number of carbonyl (C=O) groups is 1. The second-order valence-corrected chi connectivity index (χ2v) is 9.72. The molecule has 9 heteroatoms. The van der Waals surface area contributed by atoms with E-state index in [9.17, 15) is 18.7 Å². The summed E-state index contributed by atoms with van der Waals surface area (Å²) in [4.78, 5) is 16.7. The lowest BCUT2D eigenvalue weighted by Gasteiger charge is -2.29. The summed E-state index contributed by atoms with van der Waals surface area (Å²) < 4.78 is 29.8. The van der Waals surface area contributed by atoms with Crippen molar-refractivity contribution >= 4 is 5.91 Å². The van der Waals surface area contributed by atoms with Crippen molar-refractivity contribution in [1.29, 1.82) is 0 Å². The van der Waals surface area contributed by atoms with E-state index in [0.717, 1.165) is 43.1 Å². The minimum Gasteiger partial charge on any atom is -0.390 e. The van der Waals surface area contributed by atoms with Crippen LogP contribution in [0.25, 0.3) is 0 Å². The van der Waals surface area contributed by atoms with Gasteiger partial charge in [0.1, 0.15) is 11.6 Å². The summed E-state index contributed by atoms with van der Waals surface area (Å²) in [5.74, 6) is -1.98. The third-order valence-electron chi connectivity index (χ3n) is 6.65. The maximum absolute atomic E-state index is 13.9. The number of imidazole rings is 1. The predicted octanol–water partition coefficient (Wildman–Crippen LogP) is 3.27. The molecule has 0 spiro atoms. The number of unbranched alkanes of at least 4 members (excludes halogenated alkanes) is 1. The van der Waals surface area contributed by atoms with Gasteiger partial charge in [-0.25, -0.2) is 13.8 Å². The van der Waals surface area contributed by atoms with E-state index in [4.69, 9.17) is 5.73 Å². The first-order valence-corrected chi connectivity index (χ1v) is 13.2. The molecular weight excluding hydrogens is 488 g/mol. The van der Waals surface area contributed by atoms with Crippen LogP contribution in [-0.4, -0.2) is 45.3 Å². The quantitative estimate of drug-likeness (QED) is 0.229. The molecule has 206 valence electrons. The molecule has 3 atom stereocenters. The fraction of sp³-hybridized carbons (Fsp3) is 0.448. The molecule has 0 saturated carbocycles. The third kappa shape index (κ3) is 9.01. The first kappa shape index (κ1) is 29.4. The third-order valence-corrected chi connectivity index (χ3v) is 6.65. The molecule has 38 heavy (non-hydrogen) atoms. The Morgan fingerprint density at radius 1 is 1.08 bits per heavy atom. The molecule has 0 radical (unpaired) electrons. The highest BCUT2D eigenvalue weighted by atomic mass is 19.1. The molecule has 0 unspecified atom stereocenters. The molecule has 3 aromatic rings. The van der Waals surface area contributed by atoms with Gasteiger partial charge in [0.05, 0.1) is 18.5 Å². The SMILES string of the molecule is CCCCn1cncc1C[C@H](N[C@@H](Cc1cc(F)cc(F)c1)[C@H](O)CNCc1cccc(CC)c1)C(N)=O. The number of hydrogen-bond donors (Lipinski definition) is 4. The molecule has 1 aromatic heterocycles. The minimum absolute atomic E-state index is 0.0989. The van der Waals surface area contributed by atoms with Crippen molar-refractivity contribution in [2.75, 3.05) is 6.54 Å². The van der Waals surface area contributed by atoms with Crippen LogP contribution in [0.4, 0.5) is 8.78 Å². The normalized spacial score (nSPS) is 13.8. The van der Waals surface area contributed by atoms with Gasteiger partial charge in [-0.3, -0.25) is 10.1 Å². The van der Waals surface area contributed by atoms with Gasteiger partial charge >= 0.3 is 0 Å². The number of nitrogens with two attached hydrogens (primary N) is 1. The molecule has 3 rings (SSSR count). The number of hydrogen-bond acceptors (Lipinski definition) is 5. The topological polar surface area (TPSA) is 105 Å². The number of aromatic nitrogens is 2. The van der Waals surface area contributed by atoms with Crippen LogP contribution in [0.3, 0.4) is 0 Å². The van der Waals surface area contributed by atoms with Crippen LogP contribution < -0.4 is 16.4 Å². The number of carbonyl (C=O) groups excluding carboxylic acids is 1. The highest BCUT2D eigenvalue weighted by Crippen LogP contribution is 2.14. The van der Waals surface area contributed by atoms with E-state index in [2.05, 4.69) is 41.6 Å². The van der Waals surface area contributed by atoms with Crippen molar-refractivity contribution in [3.8, 4) is 0 Å². The maximum Gasteiger partial charge on any atom is 0.234 e. The molecule has 0 aliphatic carbocycles. The molecule has 0 fully saturated rings. The van der Waals surface area contributed by atoms with E-state index < -0.39 is 35.7 Å². The van der Waals surface area contributed by atoms with E-state index >= 15 is 0 Å². The zero-order valence-electron chi connectivity index (χ0n) is 22.2. The molecule has 1 heterocycles. The van der Waals surface area contributed by atoms with E-state index in [1.807, 2.05) is 16.7 Å². The smallest absolute Gasteiger partial charge is 0.234 e. The van der Waals surface area contributed by atoms with Crippen LogP contribution in [0.1, 0.15) is 49.1 Å². The molecule has 2 aromatic carbocycles. The lowest BCUT2D eigenvalue weighted by atomic mass is 9.98. The van der Waals surface area contributed by atoms with Gasteiger partial charge in [0.15, 0.2) is 0 Å². The van der Waals surface area contributed by atoms with Gasteiger partial charge in [-0.15, -0.1) is 0 Å². The Balaban J connectivity index is 1.74. The monoisotopic (exact) mass is 527 g/mol. The Bertz CT molecular complexity index is 1150. The Hall–Kier alpha value is -3.14.